The lowest BCUT2D eigenvalue weighted by molar-refractivity contribution is -0.131. The standard InChI is InChI=1S/C23H17NO2/c1-16-12-14-19(15-13-16)24-21(18-10-6-3-7-11-18)20(22(25)23(24)26)17-8-4-2-5-9-17/h2-15H,1H3. The molecule has 126 valence electrons. The summed E-state index contributed by atoms with van der Waals surface area (Å²) in [5.74, 6) is -0.998. The molecule has 3 aromatic carbocycles. The Kier molecular flexibility index (Phi) is 3.98. The van der Waals surface area contributed by atoms with Crippen molar-refractivity contribution in [2.24, 2.45) is 0 Å². The third-order valence-electron chi connectivity index (χ3n) is 4.49. The average Bonchev–Trinajstić information content (AvgIpc) is 2.95. The van der Waals surface area contributed by atoms with Gasteiger partial charge in [0.15, 0.2) is 0 Å². The summed E-state index contributed by atoms with van der Waals surface area (Å²) in [4.78, 5) is 27.3. The van der Waals surface area contributed by atoms with Crippen LogP contribution >= 0.6 is 0 Å². The number of hydrogen-bond donors (Lipinski definition) is 0. The van der Waals surface area contributed by atoms with Crippen molar-refractivity contribution in [1.29, 1.82) is 0 Å². The van der Waals surface area contributed by atoms with E-state index in [0.717, 1.165) is 16.7 Å². The first-order valence-electron chi connectivity index (χ1n) is 8.47. The van der Waals surface area contributed by atoms with Crippen LogP contribution in [0.1, 0.15) is 16.7 Å². The molecule has 0 unspecified atom stereocenters. The van der Waals surface area contributed by atoms with Crippen molar-refractivity contribution in [3.63, 3.8) is 0 Å². The SMILES string of the molecule is Cc1ccc(N2C(=O)C(=O)C(c3ccccc3)=C2c2ccccc2)cc1. The number of ketones is 1. The highest BCUT2D eigenvalue weighted by Crippen LogP contribution is 2.39. The van der Waals surface area contributed by atoms with Gasteiger partial charge < -0.3 is 0 Å². The molecule has 0 N–H and O–H groups in total. The number of aryl methyl sites for hydroxylation is 1. The van der Waals surface area contributed by atoms with E-state index in [4.69, 9.17) is 0 Å². The van der Waals surface area contributed by atoms with E-state index < -0.39 is 11.7 Å². The van der Waals surface area contributed by atoms with Gasteiger partial charge in [-0.15, -0.1) is 0 Å². The van der Waals surface area contributed by atoms with Crippen LogP contribution in [-0.2, 0) is 9.59 Å². The maximum atomic E-state index is 12.9. The molecular formula is C23H17NO2. The molecule has 0 fully saturated rings. The van der Waals surface area contributed by atoms with Crippen molar-refractivity contribution < 1.29 is 9.59 Å². The van der Waals surface area contributed by atoms with Gasteiger partial charge in [0.1, 0.15) is 0 Å². The Morgan fingerprint density at radius 2 is 1.19 bits per heavy atom. The van der Waals surface area contributed by atoms with Gasteiger partial charge in [0, 0.05) is 5.69 Å². The van der Waals surface area contributed by atoms with Crippen molar-refractivity contribution in [3.05, 3.63) is 102 Å². The van der Waals surface area contributed by atoms with Gasteiger partial charge in [-0.25, -0.2) is 0 Å². The number of Topliss-reactive ketones (excluding diaryl/α,β-unsaturated/α-hetero) is 1. The second-order valence-electron chi connectivity index (χ2n) is 6.26. The fraction of sp³-hybridized carbons (Fsp3) is 0.0435. The predicted octanol–water partition coefficient (Wildman–Crippen LogP) is 4.48. The molecule has 0 saturated carbocycles. The lowest BCUT2D eigenvalue weighted by atomic mass is 9.98. The molecule has 3 nitrogen and oxygen atoms in total. The Hall–Kier alpha value is -3.46. The zero-order chi connectivity index (χ0) is 18.1. The molecule has 0 saturated heterocycles. The highest BCUT2D eigenvalue weighted by Gasteiger charge is 2.40. The maximum Gasteiger partial charge on any atom is 0.304 e. The van der Waals surface area contributed by atoms with Crippen LogP contribution in [-0.4, -0.2) is 11.7 Å². The summed E-state index contributed by atoms with van der Waals surface area (Å²) in [5, 5.41) is 0. The summed E-state index contributed by atoms with van der Waals surface area (Å²) in [6.07, 6.45) is 0. The third-order valence-corrected chi connectivity index (χ3v) is 4.49. The van der Waals surface area contributed by atoms with Crippen molar-refractivity contribution in [1.82, 2.24) is 0 Å². The van der Waals surface area contributed by atoms with Crippen LogP contribution in [0, 0.1) is 6.92 Å². The summed E-state index contributed by atoms with van der Waals surface area (Å²) < 4.78 is 0. The number of anilines is 1. The lowest BCUT2D eigenvalue weighted by Gasteiger charge is -2.20. The summed E-state index contributed by atoms with van der Waals surface area (Å²) in [5.41, 5.74) is 4.46. The van der Waals surface area contributed by atoms with Gasteiger partial charge in [-0.05, 0) is 30.2 Å². The van der Waals surface area contributed by atoms with E-state index in [1.54, 1.807) is 0 Å². The molecule has 4 rings (SSSR count). The molecular weight excluding hydrogens is 322 g/mol. The molecule has 0 radical (unpaired) electrons. The van der Waals surface area contributed by atoms with E-state index in [2.05, 4.69) is 0 Å². The minimum absolute atomic E-state index is 0.447. The zero-order valence-electron chi connectivity index (χ0n) is 14.3. The first-order valence-corrected chi connectivity index (χ1v) is 8.47. The van der Waals surface area contributed by atoms with Crippen LogP contribution in [0.3, 0.4) is 0 Å². The normalized spacial score (nSPS) is 14.3. The number of hydrogen-bond acceptors (Lipinski definition) is 2. The summed E-state index contributed by atoms with van der Waals surface area (Å²) in [7, 11) is 0. The van der Waals surface area contributed by atoms with Crippen LogP contribution < -0.4 is 4.90 Å². The molecule has 26 heavy (non-hydrogen) atoms. The first-order chi connectivity index (χ1) is 12.7. The predicted molar refractivity (Wildman–Crippen MR) is 103 cm³/mol. The van der Waals surface area contributed by atoms with E-state index in [1.807, 2.05) is 91.9 Å². The molecule has 0 aromatic heterocycles. The number of carbonyl (C=O) groups is 2. The van der Waals surface area contributed by atoms with E-state index >= 15 is 0 Å². The Labute approximate surface area is 152 Å². The van der Waals surface area contributed by atoms with Crippen molar-refractivity contribution >= 4 is 28.6 Å². The molecule has 1 aliphatic heterocycles. The maximum absolute atomic E-state index is 12.9. The van der Waals surface area contributed by atoms with Crippen LogP contribution in [0.2, 0.25) is 0 Å². The highest BCUT2D eigenvalue weighted by atomic mass is 16.2. The molecule has 3 heteroatoms. The monoisotopic (exact) mass is 339 g/mol. The fourth-order valence-electron chi connectivity index (χ4n) is 3.21. The molecule has 1 aliphatic rings. The number of carbonyl (C=O) groups excluding carboxylic acids is 2. The molecule has 0 bridgehead atoms. The molecule has 3 aromatic rings. The average molecular weight is 339 g/mol. The summed E-state index contributed by atoms with van der Waals surface area (Å²) in [6.45, 7) is 1.99. The number of benzene rings is 3. The number of amides is 1. The van der Waals surface area contributed by atoms with E-state index in [-0.39, 0.29) is 0 Å². The first kappa shape index (κ1) is 16.0. The highest BCUT2D eigenvalue weighted by molar-refractivity contribution is 6.65. The number of rotatable bonds is 3. The van der Waals surface area contributed by atoms with Gasteiger partial charge in [-0.2, -0.15) is 0 Å². The van der Waals surface area contributed by atoms with Crippen molar-refractivity contribution in [2.75, 3.05) is 4.90 Å². The lowest BCUT2D eigenvalue weighted by Crippen LogP contribution is -2.28. The van der Waals surface area contributed by atoms with Gasteiger partial charge in [0.25, 0.3) is 5.78 Å². The molecule has 1 amide bonds. The Morgan fingerprint density at radius 1 is 0.654 bits per heavy atom. The quantitative estimate of drug-likeness (QED) is 0.660. The molecule has 1 heterocycles. The Balaban J connectivity index is 1.99. The van der Waals surface area contributed by atoms with Gasteiger partial charge in [-0.3, -0.25) is 14.5 Å². The van der Waals surface area contributed by atoms with Crippen LogP contribution in [0.25, 0.3) is 11.3 Å². The zero-order valence-corrected chi connectivity index (χ0v) is 14.3. The van der Waals surface area contributed by atoms with E-state index in [9.17, 15) is 9.59 Å². The minimum Gasteiger partial charge on any atom is -0.283 e. The van der Waals surface area contributed by atoms with E-state index in [1.165, 1.54) is 4.90 Å². The topological polar surface area (TPSA) is 37.4 Å². The Morgan fingerprint density at radius 3 is 1.77 bits per heavy atom. The van der Waals surface area contributed by atoms with Gasteiger partial charge >= 0.3 is 5.91 Å². The second-order valence-corrected chi connectivity index (χ2v) is 6.26. The van der Waals surface area contributed by atoms with Gasteiger partial charge in [0.2, 0.25) is 0 Å². The van der Waals surface area contributed by atoms with Gasteiger partial charge in [0.05, 0.1) is 11.3 Å². The van der Waals surface area contributed by atoms with Crippen LogP contribution in [0.15, 0.2) is 84.9 Å². The van der Waals surface area contributed by atoms with E-state index in [0.29, 0.717) is 17.0 Å². The fourth-order valence-corrected chi connectivity index (χ4v) is 3.21. The summed E-state index contributed by atoms with van der Waals surface area (Å²) >= 11 is 0. The van der Waals surface area contributed by atoms with Crippen molar-refractivity contribution in [3.8, 4) is 0 Å². The smallest absolute Gasteiger partial charge is 0.283 e. The molecule has 0 spiro atoms. The second kappa shape index (κ2) is 6.45. The number of nitrogens with zero attached hydrogens (tertiary/aromatic N) is 1. The Bertz CT molecular complexity index is 1000. The molecule has 0 aliphatic carbocycles. The van der Waals surface area contributed by atoms with Crippen LogP contribution in [0.4, 0.5) is 5.69 Å². The van der Waals surface area contributed by atoms with Crippen molar-refractivity contribution in [2.45, 2.75) is 6.92 Å². The largest absolute Gasteiger partial charge is 0.304 e. The van der Waals surface area contributed by atoms with Crippen LogP contribution in [0.5, 0.6) is 0 Å². The summed E-state index contributed by atoms with van der Waals surface area (Å²) in [6, 6.07) is 26.6. The minimum atomic E-state index is -0.522. The van der Waals surface area contributed by atoms with Gasteiger partial charge in [-0.1, -0.05) is 78.4 Å². The third kappa shape index (κ3) is 2.64. The molecule has 0 atom stereocenters.